The summed E-state index contributed by atoms with van der Waals surface area (Å²) in [5.74, 6) is 0.932. The van der Waals surface area contributed by atoms with Crippen molar-refractivity contribution in [1.29, 1.82) is 0 Å². The molecule has 0 nitrogen and oxygen atoms in total. The average molecular weight is 166 g/mol. The lowest BCUT2D eigenvalue weighted by Crippen LogP contribution is -2.25. The van der Waals surface area contributed by atoms with Crippen molar-refractivity contribution in [1.82, 2.24) is 0 Å². The van der Waals surface area contributed by atoms with Crippen molar-refractivity contribution >= 4 is 0 Å². The van der Waals surface area contributed by atoms with Crippen molar-refractivity contribution in [2.75, 3.05) is 0 Å². The highest BCUT2D eigenvalue weighted by molar-refractivity contribution is 5.08. The van der Waals surface area contributed by atoms with Crippen LogP contribution in [0.5, 0.6) is 0 Å². The number of fused-ring (bicyclic) bond motifs is 1. The first-order valence-electron chi connectivity index (χ1n) is 5.48. The Bertz CT molecular complexity index is 157. The molecule has 70 valence electrons. The summed E-state index contributed by atoms with van der Waals surface area (Å²) in [5.41, 5.74) is 0.679. The van der Waals surface area contributed by atoms with Crippen molar-refractivity contribution in [3.63, 3.8) is 0 Å². The zero-order chi connectivity index (χ0) is 9.03. The van der Waals surface area contributed by atoms with E-state index >= 15 is 0 Å². The monoisotopic (exact) mass is 166 g/mol. The first-order valence-corrected chi connectivity index (χ1v) is 5.48. The third-order valence-corrected chi connectivity index (χ3v) is 3.36. The van der Waals surface area contributed by atoms with Crippen LogP contribution in [0.15, 0.2) is 12.2 Å². The third-order valence-electron chi connectivity index (χ3n) is 3.36. The smallest absolute Gasteiger partial charge is 0.0177 e. The van der Waals surface area contributed by atoms with Gasteiger partial charge < -0.3 is 0 Å². The van der Waals surface area contributed by atoms with E-state index in [2.05, 4.69) is 19.1 Å². The molecule has 1 fully saturated rings. The van der Waals surface area contributed by atoms with Gasteiger partial charge in [-0.15, -0.1) is 0 Å². The molecule has 0 aromatic heterocycles. The maximum Gasteiger partial charge on any atom is -0.0177 e. The highest BCUT2D eigenvalue weighted by Gasteiger charge is 2.36. The maximum atomic E-state index is 2.46. The van der Waals surface area contributed by atoms with Gasteiger partial charge in [0.2, 0.25) is 0 Å². The van der Waals surface area contributed by atoms with Crippen molar-refractivity contribution in [2.24, 2.45) is 11.3 Å². The van der Waals surface area contributed by atoms with Crippen LogP contribution in [-0.2, 0) is 0 Å². The Labute approximate surface area is 77.1 Å². The van der Waals surface area contributed by atoms with Gasteiger partial charge >= 0.3 is 0 Å². The summed E-state index contributed by atoms with van der Waals surface area (Å²) in [6.45, 7) is 6.46. The van der Waals surface area contributed by atoms with Gasteiger partial charge in [0.1, 0.15) is 0 Å². The molecule has 2 unspecified atom stereocenters. The van der Waals surface area contributed by atoms with E-state index in [1.165, 1.54) is 32.1 Å². The normalized spacial score (nSPS) is 38.4. The highest BCUT2D eigenvalue weighted by Crippen LogP contribution is 2.48. The van der Waals surface area contributed by atoms with Crippen LogP contribution in [0.4, 0.5) is 0 Å². The highest BCUT2D eigenvalue weighted by atomic mass is 14.4. The molecule has 0 aromatic carbocycles. The second-order valence-electron chi connectivity index (χ2n) is 4.14. The van der Waals surface area contributed by atoms with E-state index in [0.29, 0.717) is 5.41 Å². The van der Waals surface area contributed by atoms with Crippen LogP contribution >= 0.6 is 0 Å². The molecule has 0 spiro atoms. The van der Waals surface area contributed by atoms with Gasteiger partial charge in [0.05, 0.1) is 0 Å². The molecule has 0 aromatic rings. The van der Waals surface area contributed by atoms with Crippen LogP contribution in [-0.4, -0.2) is 0 Å². The van der Waals surface area contributed by atoms with Crippen molar-refractivity contribution in [3.8, 4) is 0 Å². The molecule has 2 rings (SSSR count). The molecule has 0 N–H and O–H groups in total. The largest absolute Gasteiger partial charge is 0.0877 e. The predicted molar refractivity (Wildman–Crippen MR) is 55.2 cm³/mol. The van der Waals surface area contributed by atoms with Crippen molar-refractivity contribution in [2.45, 2.75) is 52.9 Å². The van der Waals surface area contributed by atoms with Gasteiger partial charge in [0.15, 0.2) is 0 Å². The summed E-state index contributed by atoms with van der Waals surface area (Å²) in [5, 5.41) is 0. The second-order valence-corrected chi connectivity index (χ2v) is 4.14. The summed E-state index contributed by atoms with van der Waals surface area (Å²) >= 11 is 0. The molecule has 0 saturated heterocycles. The predicted octanol–water partition coefficient (Wildman–Crippen LogP) is 4.17. The Hall–Kier alpha value is -0.260. The van der Waals surface area contributed by atoms with Gasteiger partial charge in [0, 0.05) is 0 Å². The summed E-state index contributed by atoms with van der Waals surface area (Å²) in [6, 6.07) is 0. The van der Waals surface area contributed by atoms with Crippen LogP contribution in [0, 0.1) is 11.3 Å². The van der Waals surface area contributed by atoms with Crippen molar-refractivity contribution in [3.05, 3.63) is 12.2 Å². The van der Waals surface area contributed by atoms with Gasteiger partial charge in [-0.3, -0.25) is 0 Å². The van der Waals surface area contributed by atoms with Gasteiger partial charge in [0.25, 0.3) is 0 Å². The zero-order valence-electron chi connectivity index (χ0n) is 8.77. The van der Waals surface area contributed by atoms with Crippen LogP contribution in [0.3, 0.4) is 0 Å². The fraction of sp³-hybridized carbons (Fsp3) is 0.833. The molecule has 0 aliphatic heterocycles. The number of allylic oxidation sites excluding steroid dienone is 2. The first kappa shape index (κ1) is 9.83. The summed E-state index contributed by atoms with van der Waals surface area (Å²) in [7, 11) is 0. The van der Waals surface area contributed by atoms with E-state index in [9.17, 15) is 0 Å². The topological polar surface area (TPSA) is 0 Å². The van der Waals surface area contributed by atoms with Crippen molar-refractivity contribution < 1.29 is 0 Å². The van der Waals surface area contributed by atoms with E-state index in [4.69, 9.17) is 0 Å². The molecule has 2 aliphatic carbocycles. The minimum Gasteiger partial charge on any atom is -0.0877 e. The molecule has 0 heteroatoms. The summed E-state index contributed by atoms with van der Waals surface area (Å²) < 4.78 is 0. The Morgan fingerprint density at radius 1 is 1.25 bits per heavy atom. The third kappa shape index (κ3) is 1.73. The molecule has 12 heavy (non-hydrogen) atoms. The van der Waals surface area contributed by atoms with E-state index in [1.807, 2.05) is 13.8 Å². The molecule has 0 radical (unpaired) electrons. The average Bonchev–Trinajstić information content (AvgIpc) is 2.49. The SMILES string of the molecule is CC.CC12CC=CC1CCCC2. The Morgan fingerprint density at radius 3 is 2.67 bits per heavy atom. The fourth-order valence-corrected chi connectivity index (χ4v) is 2.51. The summed E-state index contributed by atoms with van der Waals surface area (Å²) in [6.07, 6.45) is 12.0. The number of hydrogen-bond acceptors (Lipinski definition) is 0. The van der Waals surface area contributed by atoms with Gasteiger partial charge in [-0.2, -0.15) is 0 Å². The first-order chi connectivity index (χ1) is 5.81. The van der Waals surface area contributed by atoms with Gasteiger partial charge in [-0.1, -0.05) is 45.8 Å². The molecule has 1 saturated carbocycles. The zero-order valence-corrected chi connectivity index (χ0v) is 8.77. The maximum absolute atomic E-state index is 2.46. The Balaban J connectivity index is 0.000000336. The number of rotatable bonds is 0. The molecular formula is C12H22. The minimum atomic E-state index is 0.679. The lowest BCUT2D eigenvalue weighted by Gasteiger charge is -2.35. The Kier molecular flexibility index (Phi) is 3.37. The second kappa shape index (κ2) is 4.11. The standard InChI is InChI=1S/C10H16.C2H6/c1-10-7-3-2-5-9(10)6-4-8-10;1-2/h4,6,9H,2-3,5,7-8H2,1H3;1-2H3. The van der Waals surface area contributed by atoms with Crippen LogP contribution < -0.4 is 0 Å². The van der Waals surface area contributed by atoms with E-state index < -0.39 is 0 Å². The molecule has 0 amide bonds. The lowest BCUT2D eigenvalue weighted by molar-refractivity contribution is 0.172. The molecule has 2 atom stereocenters. The lowest BCUT2D eigenvalue weighted by atomic mass is 9.69. The van der Waals surface area contributed by atoms with E-state index in [-0.39, 0.29) is 0 Å². The van der Waals surface area contributed by atoms with Crippen LogP contribution in [0.25, 0.3) is 0 Å². The molecule has 0 bridgehead atoms. The van der Waals surface area contributed by atoms with Gasteiger partial charge in [-0.05, 0) is 30.6 Å². The Morgan fingerprint density at radius 2 is 2.00 bits per heavy atom. The summed E-state index contributed by atoms with van der Waals surface area (Å²) in [4.78, 5) is 0. The molecule has 0 heterocycles. The van der Waals surface area contributed by atoms with Crippen LogP contribution in [0.1, 0.15) is 52.9 Å². The van der Waals surface area contributed by atoms with E-state index in [0.717, 1.165) is 5.92 Å². The minimum absolute atomic E-state index is 0.679. The molecule has 2 aliphatic rings. The van der Waals surface area contributed by atoms with Crippen LogP contribution in [0.2, 0.25) is 0 Å². The number of hydrogen-bond donors (Lipinski definition) is 0. The van der Waals surface area contributed by atoms with Gasteiger partial charge in [-0.25, -0.2) is 0 Å². The quantitative estimate of drug-likeness (QED) is 0.474. The fourth-order valence-electron chi connectivity index (χ4n) is 2.51. The molecular weight excluding hydrogens is 144 g/mol. The van der Waals surface area contributed by atoms with E-state index in [1.54, 1.807) is 0 Å².